The minimum atomic E-state index is 0.732. The molecule has 0 amide bonds. The van der Waals surface area contributed by atoms with Gasteiger partial charge in [0.05, 0.1) is 12.8 Å². The van der Waals surface area contributed by atoms with E-state index in [4.69, 9.17) is 4.74 Å². The summed E-state index contributed by atoms with van der Waals surface area (Å²) in [5.41, 5.74) is 2.56. The Morgan fingerprint density at radius 1 is 1.27 bits per heavy atom. The van der Waals surface area contributed by atoms with Crippen LogP contribution in [-0.2, 0) is 0 Å². The van der Waals surface area contributed by atoms with E-state index in [1.54, 1.807) is 19.5 Å². The lowest BCUT2D eigenvalue weighted by molar-refractivity contribution is 0.414. The third kappa shape index (κ3) is 1.79. The van der Waals surface area contributed by atoms with Crippen molar-refractivity contribution in [3.63, 3.8) is 0 Å². The van der Waals surface area contributed by atoms with Gasteiger partial charge in [0, 0.05) is 18.0 Å². The monoisotopic (exact) mass is 201 g/mol. The summed E-state index contributed by atoms with van der Waals surface area (Å²) < 4.78 is 5.24. The van der Waals surface area contributed by atoms with Crippen LogP contribution in [0.5, 0.6) is 5.75 Å². The van der Waals surface area contributed by atoms with Gasteiger partial charge in [-0.25, -0.2) is 9.97 Å². The molecule has 0 aliphatic carbocycles. The highest BCUT2D eigenvalue weighted by atomic mass is 16.5. The maximum Gasteiger partial charge on any atom is 0.145 e. The maximum atomic E-state index is 5.24. The van der Waals surface area contributed by atoms with Crippen molar-refractivity contribution >= 4 is 0 Å². The molecule has 0 bridgehead atoms. The SMILES string of the molecule is COc1cccnc1-c1cncnc1C. The first-order valence-electron chi connectivity index (χ1n) is 4.59. The zero-order valence-corrected chi connectivity index (χ0v) is 8.64. The van der Waals surface area contributed by atoms with Crippen molar-refractivity contribution in [2.45, 2.75) is 6.92 Å². The van der Waals surface area contributed by atoms with Crippen molar-refractivity contribution in [2.24, 2.45) is 0 Å². The third-order valence-electron chi connectivity index (χ3n) is 2.16. The Labute approximate surface area is 88.0 Å². The molecule has 4 nitrogen and oxygen atoms in total. The van der Waals surface area contributed by atoms with Crippen LogP contribution in [0, 0.1) is 6.92 Å². The normalized spacial score (nSPS) is 10.0. The number of hydrogen-bond donors (Lipinski definition) is 0. The van der Waals surface area contributed by atoms with Gasteiger partial charge in [-0.15, -0.1) is 0 Å². The molecule has 0 unspecified atom stereocenters. The molecule has 0 aliphatic heterocycles. The number of pyridine rings is 1. The zero-order valence-electron chi connectivity index (χ0n) is 8.64. The average molecular weight is 201 g/mol. The summed E-state index contributed by atoms with van der Waals surface area (Å²) in [7, 11) is 1.62. The van der Waals surface area contributed by atoms with Gasteiger partial charge in [-0.2, -0.15) is 0 Å². The van der Waals surface area contributed by atoms with E-state index in [9.17, 15) is 0 Å². The van der Waals surface area contributed by atoms with Crippen LogP contribution in [0.1, 0.15) is 5.69 Å². The highest BCUT2D eigenvalue weighted by Gasteiger charge is 2.09. The number of aromatic nitrogens is 3. The predicted molar refractivity (Wildman–Crippen MR) is 56.6 cm³/mol. The number of hydrogen-bond acceptors (Lipinski definition) is 4. The van der Waals surface area contributed by atoms with Gasteiger partial charge in [-0.05, 0) is 19.1 Å². The molecule has 15 heavy (non-hydrogen) atoms. The fourth-order valence-corrected chi connectivity index (χ4v) is 1.38. The summed E-state index contributed by atoms with van der Waals surface area (Å²) in [6.45, 7) is 1.92. The van der Waals surface area contributed by atoms with Gasteiger partial charge in [0.15, 0.2) is 0 Å². The summed E-state index contributed by atoms with van der Waals surface area (Å²) in [6, 6.07) is 3.70. The second-order valence-electron chi connectivity index (χ2n) is 3.08. The van der Waals surface area contributed by atoms with E-state index in [2.05, 4.69) is 15.0 Å². The van der Waals surface area contributed by atoms with E-state index < -0.39 is 0 Å². The second-order valence-corrected chi connectivity index (χ2v) is 3.08. The number of nitrogens with zero attached hydrogens (tertiary/aromatic N) is 3. The Morgan fingerprint density at radius 3 is 2.87 bits per heavy atom. The molecule has 0 spiro atoms. The summed E-state index contributed by atoms with van der Waals surface area (Å²) in [6.07, 6.45) is 4.99. The van der Waals surface area contributed by atoms with Gasteiger partial charge in [-0.3, -0.25) is 4.98 Å². The third-order valence-corrected chi connectivity index (χ3v) is 2.16. The highest BCUT2D eigenvalue weighted by Crippen LogP contribution is 2.27. The molecular weight excluding hydrogens is 190 g/mol. The lowest BCUT2D eigenvalue weighted by atomic mass is 10.1. The van der Waals surface area contributed by atoms with Gasteiger partial charge < -0.3 is 4.74 Å². The minimum Gasteiger partial charge on any atom is -0.494 e. The molecule has 0 saturated carbocycles. The maximum absolute atomic E-state index is 5.24. The smallest absolute Gasteiger partial charge is 0.145 e. The standard InChI is InChI=1S/C11H11N3O/c1-8-9(6-12-7-14-8)11-10(15-2)4-3-5-13-11/h3-7H,1-2H3. The van der Waals surface area contributed by atoms with E-state index in [0.717, 1.165) is 22.7 Å². The highest BCUT2D eigenvalue weighted by molar-refractivity contribution is 5.66. The van der Waals surface area contributed by atoms with Crippen molar-refractivity contribution in [3.05, 3.63) is 36.5 Å². The van der Waals surface area contributed by atoms with E-state index in [1.807, 2.05) is 19.1 Å². The van der Waals surface area contributed by atoms with Crippen LogP contribution in [0.2, 0.25) is 0 Å². The Kier molecular flexibility index (Phi) is 2.58. The molecule has 2 aromatic heterocycles. The lowest BCUT2D eigenvalue weighted by Gasteiger charge is -2.07. The Balaban J connectivity index is 2.59. The van der Waals surface area contributed by atoms with Crippen LogP contribution in [0.25, 0.3) is 11.3 Å². The van der Waals surface area contributed by atoms with Gasteiger partial charge in [0.2, 0.25) is 0 Å². The lowest BCUT2D eigenvalue weighted by Crippen LogP contribution is -1.94. The first-order chi connectivity index (χ1) is 7.33. The average Bonchev–Trinajstić information content (AvgIpc) is 2.30. The first-order valence-corrected chi connectivity index (χ1v) is 4.59. The minimum absolute atomic E-state index is 0.732. The van der Waals surface area contributed by atoms with Gasteiger partial charge >= 0.3 is 0 Å². The fraction of sp³-hybridized carbons (Fsp3) is 0.182. The molecular formula is C11H11N3O. The molecule has 0 fully saturated rings. The van der Waals surface area contributed by atoms with Crippen molar-refractivity contribution < 1.29 is 4.74 Å². The topological polar surface area (TPSA) is 47.9 Å². The Hall–Kier alpha value is -1.97. The Bertz CT molecular complexity index is 471. The molecule has 0 atom stereocenters. The van der Waals surface area contributed by atoms with Crippen LogP contribution >= 0.6 is 0 Å². The van der Waals surface area contributed by atoms with Crippen LogP contribution in [-0.4, -0.2) is 22.1 Å². The molecule has 0 saturated heterocycles. The number of rotatable bonds is 2. The molecule has 0 aromatic carbocycles. The predicted octanol–water partition coefficient (Wildman–Crippen LogP) is 1.86. The van der Waals surface area contributed by atoms with E-state index >= 15 is 0 Å². The molecule has 2 heterocycles. The molecule has 4 heteroatoms. The molecule has 0 radical (unpaired) electrons. The van der Waals surface area contributed by atoms with E-state index in [0.29, 0.717) is 0 Å². The zero-order chi connectivity index (χ0) is 10.7. The fourth-order valence-electron chi connectivity index (χ4n) is 1.38. The molecule has 76 valence electrons. The van der Waals surface area contributed by atoms with Crippen LogP contribution in [0.3, 0.4) is 0 Å². The molecule has 2 rings (SSSR count). The summed E-state index contributed by atoms with van der Waals surface area (Å²) in [5.74, 6) is 0.732. The number of methoxy groups -OCH3 is 1. The summed E-state index contributed by atoms with van der Waals surface area (Å²) in [5, 5.41) is 0. The van der Waals surface area contributed by atoms with Crippen LogP contribution < -0.4 is 4.74 Å². The summed E-state index contributed by atoms with van der Waals surface area (Å²) >= 11 is 0. The summed E-state index contributed by atoms with van der Waals surface area (Å²) in [4.78, 5) is 12.4. The second kappa shape index (κ2) is 4.04. The van der Waals surface area contributed by atoms with Crippen LogP contribution in [0.4, 0.5) is 0 Å². The van der Waals surface area contributed by atoms with Crippen molar-refractivity contribution in [1.82, 2.24) is 15.0 Å². The van der Waals surface area contributed by atoms with Gasteiger partial charge in [0.1, 0.15) is 17.8 Å². The number of ether oxygens (including phenoxy) is 1. The van der Waals surface area contributed by atoms with E-state index in [-0.39, 0.29) is 0 Å². The first kappa shape index (κ1) is 9.58. The largest absolute Gasteiger partial charge is 0.494 e. The van der Waals surface area contributed by atoms with Gasteiger partial charge in [0.25, 0.3) is 0 Å². The molecule has 2 aromatic rings. The van der Waals surface area contributed by atoms with Crippen molar-refractivity contribution in [1.29, 1.82) is 0 Å². The van der Waals surface area contributed by atoms with Crippen molar-refractivity contribution in [2.75, 3.05) is 7.11 Å². The van der Waals surface area contributed by atoms with Crippen molar-refractivity contribution in [3.8, 4) is 17.0 Å². The molecule has 0 aliphatic rings. The quantitative estimate of drug-likeness (QED) is 0.744. The van der Waals surface area contributed by atoms with E-state index in [1.165, 1.54) is 6.33 Å². The van der Waals surface area contributed by atoms with Crippen LogP contribution in [0.15, 0.2) is 30.9 Å². The van der Waals surface area contributed by atoms with Gasteiger partial charge in [-0.1, -0.05) is 0 Å². The Morgan fingerprint density at radius 2 is 2.13 bits per heavy atom. The molecule has 0 N–H and O–H groups in total. The number of aryl methyl sites for hydroxylation is 1.